The standard InChI is InChI=1S/C15H16BrClS/c16-14-6-3-12(4-7-14)10-13(11-17)5-8-15-2-1-9-18-15/h1-4,6-7,9,13H,5,8,10-11H2. The molecule has 0 aliphatic heterocycles. The van der Waals surface area contributed by atoms with Gasteiger partial charge in [-0.05, 0) is 54.3 Å². The van der Waals surface area contributed by atoms with Gasteiger partial charge >= 0.3 is 0 Å². The average Bonchev–Trinajstić information content (AvgIpc) is 2.90. The maximum Gasteiger partial charge on any atom is 0.0255 e. The Kier molecular flexibility index (Phi) is 5.74. The van der Waals surface area contributed by atoms with Gasteiger partial charge in [-0.1, -0.05) is 34.1 Å². The zero-order chi connectivity index (χ0) is 12.8. The van der Waals surface area contributed by atoms with Crippen LogP contribution in [-0.2, 0) is 12.8 Å². The van der Waals surface area contributed by atoms with Crippen LogP contribution in [0.5, 0.6) is 0 Å². The Morgan fingerprint density at radius 1 is 1.17 bits per heavy atom. The fraction of sp³-hybridized carbons (Fsp3) is 0.333. The van der Waals surface area contributed by atoms with E-state index < -0.39 is 0 Å². The maximum atomic E-state index is 6.08. The van der Waals surface area contributed by atoms with Gasteiger partial charge in [-0.15, -0.1) is 22.9 Å². The Labute approximate surface area is 126 Å². The number of alkyl halides is 1. The molecular formula is C15H16BrClS. The van der Waals surface area contributed by atoms with Gasteiger partial charge in [0.05, 0.1) is 0 Å². The second-order valence-electron chi connectivity index (χ2n) is 4.47. The summed E-state index contributed by atoms with van der Waals surface area (Å²) in [4.78, 5) is 1.46. The minimum absolute atomic E-state index is 0.565. The summed E-state index contributed by atoms with van der Waals surface area (Å²) in [6.07, 6.45) is 3.38. The van der Waals surface area contributed by atoms with Crippen LogP contribution in [0.1, 0.15) is 16.9 Å². The second-order valence-corrected chi connectivity index (χ2v) is 6.73. The Bertz CT molecular complexity index is 450. The van der Waals surface area contributed by atoms with Crippen molar-refractivity contribution in [1.82, 2.24) is 0 Å². The van der Waals surface area contributed by atoms with Crippen molar-refractivity contribution in [2.75, 3.05) is 5.88 Å². The van der Waals surface area contributed by atoms with Crippen LogP contribution in [-0.4, -0.2) is 5.88 Å². The van der Waals surface area contributed by atoms with Crippen LogP contribution >= 0.6 is 38.9 Å². The van der Waals surface area contributed by atoms with E-state index >= 15 is 0 Å². The molecule has 1 unspecified atom stereocenters. The van der Waals surface area contributed by atoms with Crippen LogP contribution in [0.15, 0.2) is 46.3 Å². The van der Waals surface area contributed by atoms with E-state index in [1.54, 1.807) is 0 Å². The van der Waals surface area contributed by atoms with Gasteiger partial charge in [0.2, 0.25) is 0 Å². The van der Waals surface area contributed by atoms with Crippen LogP contribution in [0.3, 0.4) is 0 Å². The highest BCUT2D eigenvalue weighted by Gasteiger charge is 2.09. The summed E-state index contributed by atoms with van der Waals surface area (Å²) in [6, 6.07) is 12.9. The van der Waals surface area contributed by atoms with Crippen molar-refractivity contribution < 1.29 is 0 Å². The molecule has 0 saturated carbocycles. The molecule has 1 aromatic heterocycles. The van der Waals surface area contributed by atoms with E-state index in [0.717, 1.165) is 23.2 Å². The van der Waals surface area contributed by atoms with Gasteiger partial charge in [0, 0.05) is 15.2 Å². The molecule has 0 fully saturated rings. The SMILES string of the molecule is ClCC(CCc1cccs1)Cc1ccc(Br)cc1. The lowest BCUT2D eigenvalue weighted by Gasteiger charge is -2.13. The van der Waals surface area contributed by atoms with Crippen molar-refractivity contribution in [3.63, 3.8) is 0 Å². The molecule has 0 saturated heterocycles. The Morgan fingerprint density at radius 3 is 2.56 bits per heavy atom. The molecule has 1 aromatic carbocycles. The molecule has 0 nitrogen and oxygen atoms in total. The average molecular weight is 344 g/mol. The van der Waals surface area contributed by atoms with Gasteiger partial charge in [0.15, 0.2) is 0 Å². The number of hydrogen-bond acceptors (Lipinski definition) is 1. The third-order valence-electron chi connectivity index (χ3n) is 3.03. The summed E-state index contributed by atoms with van der Waals surface area (Å²) in [7, 11) is 0. The fourth-order valence-electron chi connectivity index (χ4n) is 1.99. The van der Waals surface area contributed by atoms with E-state index in [4.69, 9.17) is 11.6 Å². The topological polar surface area (TPSA) is 0 Å². The predicted molar refractivity (Wildman–Crippen MR) is 84.7 cm³/mol. The minimum Gasteiger partial charge on any atom is -0.149 e. The van der Waals surface area contributed by atoms with E-state index in [9.17, 15) is 0 Å². The van der Waals surface area contributed by atoms with Crippen LogP contribution < -0.4 is 0 Å². The van der Waals surface area contributed by atoms with E-state index in [0.29, 0.717) is 5.92 Å². The highest BCUT2D eigenvalue weighted by molar-refractivity contribution is 9.10. The van der Waals surface area contributed by atoms with E-state index in [-0.39, 0.29) is 0 Å². The van der Waals surface area contributed by atoms with Crippen molar-refractivity contribution >= 4 is 38.9 Å². The van der Waals surface area contributed by atoms with Crippen LogP contribution in [0.2, 0.25) is 0 Å². The second kappa shape index (κ2) is 7.32. The number of benzene rings is 1. The molecule has 0 aliphatic rings. The molecule has 0 amide bonds. The zero-order valence-corrected chi connectivity index (χ0v) is 13.3. The highest BCUT2D eigenvalue weighted by atomic mass is 79.9. The van der Waals surface area contributed by atoms with E-state index in [1.165, 1.54) is 16.9 Å². The zero-order valence-electron chi connectivity index (χ0n) is 10.1. The van der Waals surface area contributed by atoms with Crippen LogP contribution in [0, 0.1) is 5.92 Å². The fourth-order valence-corrected chi connectivity index (χ4v) is 3.24. The molecule has 0 radical (unpaired) electrons. The molecule has 2 aromatic rings. The molecule has 3 heteroatoms. The summed E-state index contributed by atoms with van der Waals surface area (Å²) < 4.78 is 1.13. The molecule has 0 spiro atoms. The molecule has 96 valence electrons. The normalized spacial score (nSPS) is 12.6. The first-order chi connectivity index (χ1) is 8.78. The van der Waals surface area contributed by atoms with Crippen molar-refractivity contribution in [2.45, 2.75) is 19.3 Å². The van der Waals surface area contributed by atoms with Gasteiger partial charge in [0.25, 0.3) is 0 Å². The van der Waals surface area contributed by atoms with Crippen LogP contribution in [0.4, 0.5) is 0 Å². The first-order valence-corrected chi connectivity index (χ1v) is 8.31. The summed E-state index contributed by atoms with van der Waals surface area (Å²) in [5.41, 5.74) is 1.37. The number of aryl methyl sites for hydroxylation is 1. The Balaban J connectivity index is 1.87. The Morgan fingerprint density at radius 2 is 1.94 bits per heavy atom. The molecule has 1 atom stereocenters. The molecule has 1 heterocycles. The minimum atomic E-state index is 0.565. The van der Waals surface area contributed by atoms with Crippen molar-refractivity contribution in [3.8, 4) is 0 Å². The summed E-state index contributed by atoms with van der Waals surface area (Å²) in [5.74, 6) is 1.30. The van der Waals surface area contributed by atoms with Gasteiger partial charge in [-0.2, -0.15) is 0 Å². The number of halogens is 2. The third kappa shape index (κ3) is 4.42. The van der Waals surface area contributed by atoms with Crippen LogP contribution in [0.25, 0.3) is 0 Å². The van der Waals surface area contributed by atoms with Crippen molar-refractivity contribution in [1.29, 1.82) is 0 Å². The monoisotopic (exact) mass is 342 g/mol. The lowest BCUT2D eigenvalue weighted by atomic mass is 9.96. The highest BCUT2D eigenvalue weighted by Crippen LogP contribution is 2.20. The maximum absolute atomic E-state index is 6.08. The largest absolute Gasteiger partial charge is 0.149 e. The van der Waals surface area contributed by atoms with E-state index in [2.05, 4.69) is 57.7 Å². The lowest BCUT2D eigenvalue weighted by molar-refractivity contribution is 0.539. The number of thiophene rings is 1. The van der Waals surface area contributed by atoms with Gasteiger partial charge < -0.3 is 0 Å². The molecule has 18 heavy (non-hydrogen) atoms. The quantitative estimate of drug-likeness (QED) is 0.604. The number of hydrogen-bond donors (Lipinski definition) is 0. The first kappa shape index (κ1) is 14.1. The molecule has 2 rings (SSSR count). The smallest absolute Gasteiger partial charge is 0.0255 e. The van der Waals surface area contributed by atoms with Crippen molar-refractivity contribution in [3.05, 3.63) is 56.7 Å². The third-order valence-corrected chi connectivity index (χ3v) is 4.94. The Hall–Kier alpha value is -0.310. The lowest BCUT2D eigenvalue weighted by Crippen LogP contribution is -2.07. The molecule has 0 aliphatic carbocycles. The summed E-state index contributed by atoms with van der Waals surface area (Å²) >= 11 is 11.4. The predicted octanol–water partition coefficient (Wildman–Crippen LogP) is 5.54. The summed E-state index contributed by atoms with van der Waals surface area (Å²) in [5, 5.41) is 2.14. The molecular weight excluding hydrogens is 328 g/mol. The van der Waals surface area contributed by atoms with Crippen molar-refractivity contribution in [2.24, 2.45) is 5.92 Å². The van der Waals surface area contributed by atoms with Gasteiger partial charge in [-0.3, -0.25) is 0 Å². The molecule has 0 bridgehead atoms. The summed E-state index contributed by atoms with van der Waals surface area (Å²) in [6.45, 7) is 0. The first-order valence-electron chi connectivity index (χ1n) is 6.10. The van der Waals surface area contributed by atoms with E-state index in [1.807, 2.05) is 11.3 Å². The molecule has 0 N–H and O–H groups in total. The number of rotatable bonds is 6. The van der Waals surface area contributed by atoms with Gasteiger partial charge in [0.1, 0.15) is 0 Å². The van der Waals surface area contributed by atoms with Gasteiger partial charge in [-0.25, -0.2) is 0 Å².